The Labute approximate surface area is 174 Å². The van der Waals surface area contributed by atoms with Crippen molar-refractivity contribution in [1.29, 1.82) is 0 Å². The average molecular weight is 438 g/mol. The number of nitrogens with zero attached hydrogens (tertiary/aromatic N) is 2. The lowest BCUT2D eigenvalue weighted by Crippen LogP contribution is -2.17. The molecule has 2 aromatic carbocycles. The zero-order valence-electron chi connectivity index (χ0n) is 14.3. The number of benzene rings is 2. The summed E-state index contributed by atoms with van der Waals surface area (Å²) in [5, 5.41) is 11.9. The molecule has 1 N–H and O–H groups in total. The van der Waals surface area contributed by atoms with Crippen LogP contribution in [-0.4, -0.2) is 35.1 Å². The van der Waals surface area contributed by atoms with Gasteiger partial charge in [-0.05, 0) is 30.3 Å². The lowest BCUT2D eigenvalue weighted by atomic mass is 10.2. The second-order valence-corrected chi connectivity index (χ2v) is 7.46. The largest absolute Gasteiger partial charge is 0.486 e. The number of hydrogen-bond acceptors (Lipinski definition) is 7. The normalized spacial score (nSPS) is 12.6. The van der Waals surface area contributed by atoms with Crippen molar-refractivity contribution >= 4 is 46.6 Å². The summed E-state index contributed by atoms with van der Waals surface area (Å²) < 4.78 is 16.5. The highest BCUT2D eigenvalue weighted by atomic mass is 35.5. The van der Waals surface area contributed by atoms with Crippen LogP contribution < -0.4 is 14.8 Å². The molecule has 0 bridgehead atoms. The van der Waals surface area contributed by atoms with Crippen molar-refractivity contribution in [2.24, 2.45) is 0 Å². The Morgan fingerprint density at radius 3 is 2.71 bits per heavy atom. The number of halogens is 2. The summed E-state index contributed by atoms with van der Waals surface area (Å²) in [5.74, 6) is 1.42. The molecule has 1 aliphatic heterocycles. The van der Waals surface area contributed by atoms with E-state index in [1.807, 2.05) is 0 Å². The van der Waals surface area contributed by atoms with Gasteiger partial charge in [0.25, 0.3) is 5.22 Å². The lowest BCUT2D eigenvalue weighted by Gasteiger charge is -2.18. The first kappa shape index (κ1) is 18.9. The highest BCUT2D eigenvalue weighted by Gasteiger charge is 2.15. The van der Waals surface area contributed by atoms with E-state index >= 15 is 0 Å². The first-order valence-corrected chi connectivity index (χ1v) is 9.94. The van der Waals surface area contributed by atoms with Crippen LogP contribution in [0, 0.1) is 0 Å². The minimum Gasteiger partial charge on any atom is -0.486 e. The van der Waals surface area contributed by atoms with E-state index < -0.39 is 0 Å². The predicted molar refractivity (Wildman–Crippen MR) is 107 cm³/mol. The zero-order chi connectivity index (χ0) is 19.5. The Bertz CT molecular complexity index is 1030. The molecule has 7 nitrogen and oxygen atoms in total. The molecule has 2 heterocycles. The maximum Gasteiger partial charge on any atom is 0.277 e. The van der Waals surface area contributed by atoms with Gasteiger partial charge in [0.05, 0.1) is 16.3 Å². The Kier molecular flexibility index (Phi) is 5.61. The Hall–Kier alpha value is -2.42. The smallest absolute Gasteiger partial charge is 0.277 e. The molecule has 0 fully saturated rings. The van der Waals surface area contributed by atoms with Gasteiger partial charge in [0, 0.05) is 16.8 Å². The van der Waals surface area contributed by atoms with E-state index in [2.05, 4.69) is 15.5 Å². The molecule has 1 aliphatic rings. The first-order valence-electron chi connectivity index (χ1n) is 8.20. The molecule has 4 rings (SSSR count). The van der Waals surface area contributed by atoms with Gasteiger partial charge in [-0.2, -0.15) is 0 Å². The number of amides is 1. The summed E-state index contributed by atoms with van der Waals surface area (Å²) in [4.78, 5) is 12.2. The van der Waals surface area contributed by atoms with Gasteiger partial charge >= 0.3 is 0 Å². The number of aromatic nitrogens is 2. The van der Waals surface area contributed by atoms with E-state index in [1.54, 1.807) is 36.4 Å². The quantitative estimate of drug-likeness (QED) is 0.585. The average Bonchev–Trinajstić information content (AvgIpc) is 3.15. The van der Waals surface area contributed by atoms with Gasteiger partial charge in [-0.1, -0.05) is 35.0 Å². The standard InChI is InChI=1S/C18H13Cl2N3O4S/c19-10-1-3-12(13(20)7-10)17-22-23-18(27-17)28-9-16(24)21-11-2-4-14-15(8-11)26-6-5-25-14/h1-4,7-8H,5-6,9H2,(H,21,24). The molecule has 10 heteroatoms. The minimum atomic E-state index is -0.217. The molecular weight excluding hydrogens is 425 g/mol. The van der Waals surface area contributed by atoms with Crippen molar-refractivity contribution in [3.8, 4) is 23.0 Å². The van der Waals surface area contributed by atoms with Crippen LogP contribution in [-0.2, 0) is 4.79 Å². The molecule has 0 unspecified atom stereocenters. The molecule has 0 aliphatic carbocycles. The van der Waals surface area contributed by atoms with Gasteiger partial charge in [-0.25, -0.2) is 0 Å². The number of carbonyl (C=O) groups is 1. The first-order chi connectivity index (χ1) is 13.6. The van der Waals surface area contributed by atoms with Gasteiger partial charge in [-0.3, -0.25) is 4.79 Å². The monoisotopic (exact) mass is 437 g/mol. The fraction of sp³-hybridized carbons (Fsp3) is 0.167. The summed E-state index contributed by atoms with van der Waals surface area (Å²) in [6.45, 7) is 1.00. The molecule has 0 atom stereocenters. The van der Waals surface area contributed by atoms with Crippen LogP contribution >= 0.6 is 35.0 Å². The summed E-state index contributed by atoms with van der Waals surface area (Å²) in [6, 6.07) is 10.2. The number of carbonyl (C=O) groups excluding carboxylic acids is 1. The SMILES string of the molecule is O=C(CSc1nnc(-c2ccc(Cl)cc2Cl)o1)Nc1ccc2c(c1)OCCO2. The highest BCUT2D eigenvalue weighted by Crippen LogP contribution is 2.33. The zero-order valence-corrected chi connectivity index (χ0v) is 16.6. The van der Waals surface area contributed by atoms with Gasteiger partial charge in [0.15, 0.2) is 11.5 Å². The van der Waals surface area contributed by atoms with E-state index in [9.17, 15) is 4.79 Å². The van der Waals surface area contributed by atoms with Crippen molar-refractivity contribution in [3.63, 3.8) is 0 Å². The number of rotatable bonds is 5. The van der Waals surface area contributed by atoms with E-state index in [0.29, 0.717) is 46.0 Å². The van der Waals surface area contributed by atoms with Gasteiger partial charge < -0.3 is 19.2 Å². The number of hydrogen-bond donors (Lipinski definition) is 1. The van der Waals surface area contributed by atoms with E-state index in [0.717, 1.165) is 11.8 Å². The number of thioether (sulfide) groups is 1. The molecule has 0 spiro atoms. The number of anilines is 1. The van der Waals surface area contributed by atoms with Crippen LogP contribution in [0.25, 0.3) is 11.5 Å². The highest BCUT2D eigenvalue weighted by molar-refractivity contribution is 7.99. The summed E-state index contributed by atoms with van der Waals surface area (Å²) in [7, 11) is 0. The molecule has 0 radical (unpaired) electrons. The van der Waals surface area contributed by atoms with Crippen molar-refractivity contribution < 1.29 is 18.7 Å². The second-order valence-electron chi connectivity index (χ2n) is 5.69. The summed E-state index contributed by atoms with van der Waals surface area (Å²) >= 11 is 13.1. The minimum absolute atomic E-state index is 0.102. The third kappa shape index (κ3) is 4.35. The van der Waals surface area contributed by atoms with Crippen molar-refractivity contribution in [1.82, 2.24) is 10.2 Å². The van der Waals surface area contributed by atoms with E-state index in [1.165, 1.54) is 0 Å². The number of fused-ring (bicyclic) bond motifs is 1. The summed E-state index contributed by atoms with van der Waals surface area (Å²) in [6.07, 6.45) is 0. The Balaban J connectivity index is 1.36. The van der Waals surface area contributed by atoms with E-state index in [-0.39, 0.29) is 22.8 Å². The fourth-order valence-electron chi connectivity index (χ4n) is 2.49. The molecule has 144 valence electrons. The van der Waals surface area contributed by atoms with Crippen LogP contribution in [0.2, 0.25) is 10.0 Å². The topological polar surface area (TPSA) is 86.5 Å². The molecule has 1 aromatic heterocycles. The molecular formula is C18H13Cl2N3O4S. The molecule has 3 aromatic rings. The van der Waals surface area contributed by atoms with Crippen molar-refractivity contribution in [3.05, 3.63) is 46.4 Å². The van der Waals surface area contributed by atoms with Crippen LogP contribution in [0.5, 0.6) is 11.5 Å². The lowest BCUT2D eigenvalue weighted by molar-refractivity contribution is -0.113. The maximum absolute atomic E-state index is 12.2. The number of nitrogens with one attached hydrogen (secondary N) is 1. The Morgan fingerprint density at radius 2 is 1.89 bits per heavy atom. The molecule has 28 heavy (non-hydrogen) atoms. The second kappa shape index (κ2) is 8.30. The fourth-order valence-corrected chi connectivity index (χ4v) is 3.54. The van der Waals surface area contributed by atoms with Crippen LogP contribution in [0.4, 0.5) is 5.69 Å². The van der Waals surface area contributed by atoms with Gasteiger partial charge in [0.1, 0.15) is 13.2 Å². The Morgan fingerprint density at radius 1 is 1.07 bits per heavy atom. The third-order valence-electron chi connectivity index (χ3n) is 3.72. The van der Waals surface area contributed by atoms with Crippen LogP contribution in [0.3, 0.4) is 0 Å². The predicted octanol–water partition coefficient (Wildman–Crippen LogP) is 4.55. The van der Waals surface area contributed by atoms with Gasteiger partial charge in [0.2, 0.25) is 11.8 Å². The van der Waals surface area contributed by atoms with Crippen LogP contribution in [0.1, 0.15) is 0 Å². The third-order valence-corrected chi connectivity index (χ3v) is 5.09. The molecule has 0 saturated heterocycles. The molecule has 1 amide bonds. The molecule has 0 saturated carbocycles. The maximum atomic E-state index is 12.2. The van der Waals surface area contributed by atoms with Crippen LogP contribution in [0.15, 0.2) is 46.0 Å². The number of ether oxygens (including phenoxy) is 2. The van der Waals surface area contributed by atoms with Crippen molar-refractivity contribution in [2.75, 3.05) is 24.3 Å². The van der Waals surface area contributed by atoms with Crippen molar-refractivity contribution in [2.45, 2.75) is 5.22 Å². The van der Waals surface area contributed by atoms with Gasteiger partial charge in [-0.15, -0.1) is 10.2 Å². The summed E-state index contributed by atoms with van der Waals surface area (Å²) in [5.41, 5.74) is 1.19. The van der Waals surface area contributed by atoms with E-state index in [4.69, 9.17) is 37.1 Å².